The number of nitrogens with one attached hydrogen (secondary N) is 8. The largest absolute Gasteiger partial charge is 0.481 e. The summed E-state index contributed by atoms with van der Waals surface area (Å²) in [5.74, 6) is 2.35. The number of aliphatic carboxylic acids is 1. The lowest BCUT2D eigenvalue weighted by Gasteiger charge is -2.43. The Balaban J connectivity index is 1.04. The molecular formula is C42H78N10O3+2. The summed E-state index contributed by atoms with van der Waals surface area (Å²) in [5.41, 5.74) is 0. The van der Waals surface area contributed by atoms with E-state index in [0.717, 1.165) is 34.9 Å². The van der Waals surface area contributed by atoms with Crippen LogP contribution in [0.2, 0.25) is 0 Å². The molecule has 55 heavy (non-hydrogen) atoms. The van der Waals surface area contributed by atoms with Gasteiger partial charge in [0, 0.05) is 5.92 Å². The first-order valence-corrected chi connectivity index (χ1v) is 22.9. The van der Waals surface area contributed by atoms with Gasteiger partial charge in [-0.3, -0.25) is 47.3 Å². The minimum absolute atomic E-state index is 0.0260. The Hall–Kier alpha value is -0.970. The van der Waals surface area contributed by atoms with Crippen LogP contribution in [0.1, 0.15) is 89.9 Å². The monoisotopic (exact) mass is 771 g/mol. The normalized spacial score (nSPS) is 48.6. The predicted molar refractivity (Wildman–Crippen MR) is 214 cm³/mol. The molecule has 0 amide bonds. The Bertz CT molecular complexity index is 1340. The number of likely N-dealkylation sites (N-methyl/N-ethyl adjacent to an activating group) is 2. The number of quaternary nitrogens is 2. The van der Waals surface area contributed by atoms with E-state index >= 15 is 0 Å². The van der Waals surface area contributed by atoms with Crippen LogP contribution in [0, 0.1) is 53.3 Å². The number of carboxylic acids is 1. The molecule has 0 aromatic rings. The highest BCUT2D eigenvalue weighted by molar-refractivity contribution is 5.71. The molecule has 0 spiro atoms. The lowest BCUT2D eigenvalue weighted by Crippen LogP contribution is -2.62. The van der Waals surface area contributed by atoms with Crippen molar-refractivity contribution in [2.75, 3.05) is 55.4 Å². The van der Waals surface area contributed by atoms with E-state index in [1.807, 2.05) is 0 Å². The smallest absolute Gasteiger partial charge is 0.309 e. The summed E-state index contributed by atoms with van der Waals surface area (Å²) in [5, 5.41) is 44.7. The van der Waals surface area contributed by atoms with Crippen molar-refractivity contribution in [1.82, 2.24) is 42.5 Å². The summed E-state index contributed by atoms with van der Waals surface area (Å²) in [4.78, 5) is 13.7. The van der Waals surface area contributed by atoms with Gasteiger partial charge in [-0.2, -0.15) is 0 Å². The van der Waals surface area contributed by atoms with Gasteiger partial charge in [-0.05, 0) is 92.8 Å². The van der Waals surface area contributed by atoms with Crippen LogP contribution in [-0.2, 0) is 9.53 Å². The molecule has 312 valence electrons. The zero-order valence-corrected chi connectivity index (χ0v) is 34.9. The van der Waals surface area contributed by atoms with Crippen LogP contribution in [0.25, 0.3) is 0 Å². The van der Waals surface area contributed by atoms with Gasteiger partial charge in [0.15, 0.2) is 6.10 Å². The molecule has 0 radical (unpaired) electrons. The molecule has 18 atom stereocenters. The molecule has 4 saturated carbocycles. The van der Waals surface area contributed by atoms with Crippen LogP contribution in [-0.4, -0.2) is 137 Å². The molecular weight excluding hydrogens is 693 g/mol. The average molecular weight is 771 g/mol. The third-order valence-corrected chi connectivity index (χ3v) is 16.1. The van der Waals surface area contributed by atoms with E-state index < -0.39 is 11.9 Å². The second-order valence-corrected chi connectivity index (χ2v) is 21.9. The molecule has 18 unspecified atom stereocenters. The van der Waals surface area contributed by atoms with Crippen LogP contribution in [0.5, 0.6) is 0 Å². The van der Waals surface area contributed by atoms with Crippen LogP contribution in [0.3, 0.4) is 0 Å². The zero-order chi connectivity index (χ0) is 38.2. The molecule has 9 fully saturated rings. The van der Waals surface area contributed by atoms with Gasteiger partial charge in [-0.15, -0.1) is 0 Å². The van der Waals surface area contributed by atoms with Crippen molar-refractivity contribution in [2.24, 2.45) is 53.3 Å². The minimum Gasteiger partial charge on any atom is -0.481 e. The van der Waals surface area contributed by atoms with Crippen molar-refractivity contribution < 1.29 is 23.6 Å². The first-order valence-electron chi connectivity index (χ1n) is 22.9. The van der Waals surface area contributed by atoms with Gasteiger partial charge < -0.3 is 18.8 Å². The van der Waals surface area contributed by atoms with Gasteiger partial charge in [0.25, 0.3) is 0 Å². The third-order valence-electron chi connectivity index (χ3n) is 16.1. The second kappa shape index (κ2) is 15.6. The maximum Gasteiger partial charge on any atom is 0.309 e. The van der Waals surface area contributed by atoms with Crippen LogP contribution in [0.15, 0.2) is 0 Å². The summed E-state index contributed by atoms with van der Waals surface area (Å²) in [6.07, 6.45) is 18.1. The highest BCUT2D eigenvalue weighted by atomic mass is 16.5. The Labute approximate surface area is 331 Å². The SMILES string of the molecule is C[N+](C)(C)CC(C[N+](C)(C)C)OC1CCC2C3NC4NC(NC5NC(NC6NC(NC(N3)C2C1C(=O)O)C1CCCCC61)C1CCCCC51)C1CCCCC41. The predicted octanol–water partition coefficient (Wildman–Crippen LogP) is 1.69. The Morgan fingerprint density at radius 2 is 0.800 bits per heavy atom. The second-order valence-electron chi connectivity index (χ2n) is 21.9. The van der Waals surface area contributed by atoms with E-state index in [2.05, 4.69) is 84.8 Å². The number of ether oxygens (including phenoxy) is 1. The van der Waals surface area contributed by atoms with Crippen molar-refractivity contribution in [3.63, 3.8) is 0 Å². The molecule has 5 saturated heterocycles. The van der Waals surface area contributed by atoms with Gasteiger partial charge >= 0.3 is 5.97 Å². The minimum atomic E-state index is -0.705. The maximum atomic E-state index is 13.7. The fourth-order valence-corrected chi connectivity index (χ4v) is 14.1. The van der Waals surface area contributed by atoms with Crippen molar-refractivity contribution in [3.05, 3.63) is 0 Å². The summed E-state index contributed by atoms with van der Waals surface area (Å²) in [6, 6.07) is 0. The molecule has 4 aliphatic carbocycles. The standard InChI is InChI=1S/C42H77N10O3/c1-51(2,3)21-23(22-52(4,5)6)55-31-20-19-30-32(33(31)42(53)54)41-49-39-29-18-12-11-17-28(29)37(47-39)45-35-25-14-8-7-13-24(25)34(43-35)44-36-26-15-9-10-16-27(26)38(46-36)48-40(30)50-41/h23-41,43-50H,7-22H2,1-6H3/q+1/p+1. The molecule has 13 heteroatoms. The lowest BCUT2D eigenvalue weighted by molar-refractivity contribution is -0.896. The van der Waals surface area contributed by atoms with E-state index in [0.29, 0.717) is 47.8 Å². The molecule has 9 aliphatic rings. The molecule has 0 aromatic carbocycles. The summed E-state index contributed by atoms with van der Waals surface area (Å²) in [7, 11) is 13.3. The van der Waals surface area contributed by atoms with Gasteiger partial charge in [0.1, 0.15) is 13.1 Å². The topological polar surface area (TPSA) is 143 Å². The maximum absolute atomic E-state index is 13.7. The zero-order valence-electron chi connectivity index (χ0n) is 34.9. The van der Waals surface area contributed by atoms with Crippen LogP contribution >= 0.6 is 0 Å². The Kier molecular flexibility index (Phi) is 11.2. The first kappa shape index (κ1) is 39.5. The van der Waals surface area contributed by atoms with Gasteiger partial charge in [0.2, 0.25) is 0 Å². The quantitative estimate of drug-likeness (QED) is 0.175. The van der Waals surface area contributed by atoms with Crippen molar-refractivity contribution in [2.45, 2.75) is 151 Å². The summed E-state index contributed by atoms with van der Waals surface area (Å²) < 4.78 is 8.66. The Morgan fingerprint density at radius 1 is 0.491 bits per heavy atom. The van der Waals surface area contributed by atoms with Crippen molar-refractivity contribution >= 4 is 5.97 Å². The highest BCUT2D eigenvalue weighted by Crippen LogP contribution is 2.47. The van der Waals surface area contributed by atoms with E-state index in [9.17, 15) is 9.90 Å². The van der Waals surface area contributed by atoms with Crippen molar-refractivity contribution in [1.29, 1.82) is 0 Å². The number of carbonyl (C=O) groups is 1. The van der Waals surface area contributed by atoms with Gasteiger partial charge in [-0.1, -0.05) is 38.5 Å². The summed E-state index contributed by atoms with van der Waals surface area (Å²) in [6.45, 7) is 1.70. The molecule has 5 aliphatic heterocycles. The third kappa shape index (κ3) is 8.04. The molecule has 9 rings (SSSR count). The van der Waals surface area contributed by atoms with Crippen molar-refractivity contribution in [3.8, 4) is 0 Å². The van der Waals surface area contributed by atoms with Crippen LogP contribution in [0.4, 0.5) is 0 Å². The molecule has 0 aromatic heterocycles. The fourth-order valence-electron chi connectivity index (χ4n) is 14.1. The first-order chi connectivity index (χ1) is 26.3. The number of hydrogen-bond donors (Lipinski definition) is 9. The van der Waals surface area contributed by atoms with E-state index in [1.165, 1.54) is 77.0 Å². The van der Waals surface area contributed by atoms with Gasteiger partial charge in [-0.25, -0.2) is 0 Å². The fraction of sp³-hybridized carbons (Fsp3) is 0.976. The number of fused-ring (bicyclic) bond motifs is 20. The van der Waals surface area contributed by atoms with Crippen LogP contribution < -0.4 is 42.5 Å². The lowest BCUT2D eigenvalue weighted by atomic mass is 9.69. The number of nitrogens with zero attached hydrogens (tertiary/aromatic N) is 2. The molecule has 9 N–H and O–H groups in total. The van der Waals surface area contributed by atoms with E-state index in [4.69, 9.17) is 4.74 Å². The van der Waals surface area contributed by atoms with Gasteiger partial charge in [0.05, 0.1) is 104 Å². The average Bonchev–Trinajstić information content (AvgIpc) is 3.85. The number of hydrogen-bond acceptors (Lipinski definition) is 10. The van der Waals surface area contributed by atoms with E-state index in [-0.39, 0.29) is 61.0 Å². The molecule has 5 heterocycles. The number of carboxylic acid groups (broad SMARTS) is 1. The van der Waals surface area contributed by atoms with E-state index in [1.54, 1.807) is 0 Å². The summed E-state index contributed by atoms with van der Waals surface area (Å²) >= 11 is 0. The highest BCUT2D eigenvalue weighted by Gasteiger charge is 2.58. The molecule has 8 bridgehead atoms. The molecule has 13 nitrogen and oxygen atoms in total. The number of rotatable bonds is 7. The Morgan fingerprint density at radius 3 is 1.11 bits per heavy atom.